The van der Waals surface area contributed by atoms with Gasteiger partial charge in [-0.3, -0.25) is 9.59 Å². The fourth-order valence-corrected chi connectivity index (χ4v) is 3.91. The van der Waals surface area contributed by atoms with Gasteiger partial charge in [0.05, 0.1) is 6.42 Å². The van der Waals surface area contributed by atoms with Gasteiger partial charge in [0.1, 0.15) is 11.9 Å². The Morgan fingerprint density at radius 3 is 2.34 bits per heavy atom. The molecular weight excluding hydrogens is 427 g/mol. The van der Waals surface area contributed by atoms with Crippen molar-refractivity contribution in [3.8, 4) is 0 Å². The van der Waals surface area contributed by atoms with E-state index in [9.17, 15) is 14.0 Å². The summed E-state index contributed by atoms with van der Waals surface area (Å²) < 4.78 is 14.4. The Morgan fingerprint density at radius 2 is 1.69 bits per heavy atom. The predicted molar refractivity (Wildman–Crippen MR) is 125 cm³/mol. The van der Waals surface area contributed by atoms with Gasteiger partial charge in [-0.25, -0.2) is 4.39 Å². The molecule has 0 spiro atoms. The summed E-state index contributed by atoms with van der Waals surface area (Å²) in [6, 6.07) is 20.8. The van der Waals surface area contributed by atoms with Gasteiger partial charge in [-0.05, 0) is 30.2 Å². The van der Waals surface area contributed by atoms with E-state index in [-0.39, 0.29) is 35.4 Å². The number of rotatable bonds is 8. The highest BCUT2D eigenvalue weighted by molar-refractivity contribution is 6.31. The highest BCUT2D eigenvalue weighted by Gasteiger charge is 2.30. The van der Waals surface area contributed by atoms with E-state index in [1.807, 2.05) is 61.5 Å². The van der Waals surface area contributed by atoms with E-state index in [2.05, 4.69) is 5.32 Å². The molecule has 2 amide bonds. The summed E-state index contributed by atoms with van der Waals surface area (Å²) in [4.78, 5) is 27.9. The Labute approximate surface area is 193 Å². The lowest BCUT2D eigenvalue weighted by Gasteiger charge is -2.31. The van der Waals surface area contributed by atoms with Crippen LogP contribution < -0.4 is 5.32 Å². The molecule has 6 heteroatoms. The molecule has 166 valence electrons. The number of aryl methyl sites for hydroxylation is 1. The zero-order valence-electron chi connectivity index (χ0n) is 18.1. The molecule has 0 aliphatic carbocycles. The van der Waals surface area contributed by atoms with Crippen LogP contribution in [0, 0.1) is 12.7 Å². The van der Waals surface area contributed by atoms with Crippen LogP contribution in [0.25, 0.3) is 0 Å². The highest BCUT2D eigenvalue weighted by atomic mass is 35.5. The van der Waals surface area contributed by atoms with Gasteiger partial charge in [-0.15, -0.1) is 0 Å². The molecule has 0 saturated carbocycles. The number of halogens is 2. The summed E-state index contributed by atoms with van der Waals surface area (Å²) >= 11 is 6.17. The molecule has 0 unspecified atom stereocenters. The maximum atomic E-state index is 14.4. The first-order chi connectivity index (χ1) is 15.4. The SMILES string of the molecule is CNC(=O)[C@H](Cc1ccccc1)N(Cc1cccc(C)c1)C(=O)Cc1c(F)cccc1Cl. The minimum absolute atomic E-state index is 0.128. The average molecular weight is 453 g/mol. The van der Waals surface area contributed by atoms with Crippen LogP contribution in [0.3, 0.4) is 0 Å². The summed E-state index contributed by atoms with van der Waals surface area (Å²) in [5.74, 6) is -1.20. The van der Waals surface area contributed by atoms with E-state index in [0.717, 1.165) is 16.7 Å². The Balaban J connectivity index is 1.98. The van der Waals surface area contributed by atoms with Gasteiger partial charge in [0.2, 0.25) is 11.8 Å². The number of hydrogen-bond donors (Lipinski definition) is 1. The number of likely N-dealkylation sites (N-methyl/N-ethyl adjacent to an activating group) is 1. The summed E-state index contributed by atoms with van der Waals surface area (Å²) in [7, 11) is 1.55. The summed E-state index contributed by atoms with van der Waals surface area (Å²) in [6.07, 6.45) is 0.0999. The van der Waals surface area contributed by atoms with Crippen LogP contribution in [0.1, 0.15) is 22.3 Å². The first-order valence-electron chi connectivity index (χ1n) is 10.4. The summed E-state index contributed by atoms with van der Waals surface area (Å²) in [5, 5.41) is 2.86. The Kier molecular flexibility index (Phi) is 8.01. The molecule has 0 bridgehead atoms. The summed E-state index contributed by atoms with van der Waals surface area (Å²) in [6.45, 7) is 2.19. The molecule has 3 aromatic carbocycles. The number of benzene rings is 3. The van der Waals surface area contributed by atoms with Crippen LogP contribution >= 0.6 is 11.6 Å². The molecule has 0 fully saturated rings. The first-order valence-corrected chi connectivity index (χ1v) is 10.8. The van der Waals surface area contributed by atoms with Gasteiger partial charge < -0.3 is 10.2 Å². The largest absolute Gasteiger partial charge is 0.357 e. The van der Waals surface area contributed by atoms with Crippen molar-refractivity contribution in [2.75, 3.05) is 7.05 Å². The standard InChI is InChI=1S/C26H26ClFN2O2/c1-18-8-6-11-20(14-18)17-30(25(31)16-21-22(27)12-7-13-23(21)28)24(26(32)29-2)15-19-9-4-3-5-10-19/h3-14,24H,15-17H2,1-2H3,(H,29,32)/t24-/m0/s1. The van der Waals surface area contributed by atoms with E-state index in [0.29, 0.717) is 6.42 Å². The summed E-state index contributed by atoms with van der Waals surface area (Å²) in [5.41, 5.74) is 2.99. The van der Waals surface area contributed by atoms with E-state index in [4.69, 9.17) is 11.6 Å². The van der Waals surface area contributed by atoms with Crippen LogP contribution in [-0.2, 0) is 29.0 Å². The molecule has 0 aliphatic heterocycles. The van der Waals surface area contributed by atoms with Crippen molar-refractivity contribution in [1.82, 2.24) is 10.2 Å². The maximum Gasteiger partial charge on any atom is 0.242 e. The van der Waals surface area contributed by atoms with Crippen LogP contribution in [0.15, 0.2) is 72.8 Å². The first kappa shape index (κ1) is 23.5. The van der Waals surface area contributed by atoms with E-state index < -0.39 is 11.9 Å². The molecule has 0 heterocycles. The van der Waals surface area contributed by atoms with Crippen molar-refractivity contribution >= 4 is 23.4 Å². The number of carbonyl (C=O) groups is 2. The van der Waals surface area contributed by atoms with Crippen molar-refractivity contribution in [3.05, 3.63) is 106 Å². The van der Waals surface area contributed by atoms with Crippen LogP contribution in [0.5, 0.6) is 0 Å². The van der Waals surface area contributed by atoms with Crippen LogP contribution in [-0.4, -0.2) is 29.8 Å². The molecule has 4 nitrogen and oxygen atoms in total. The van der Waals surface area contributed by atoms with Crippen molar-refractivity contribution in [2.24, 2.45) is 0 Å². The Hall–Kier alpha value is -3.18. The molecule has 0 radical (unpaired) electrons. The normalized spacial score (nSPS) is 11.6. The predicted octanol–water partition coefficient (Wildman–Crippen LogP) is 4.72. The second-order valence-corrected chi connectivity index (χ2v) is 8.11. The Morgan fingerprint density at radius 1 is 1.00 bits per heavy atom. The van der Waals surface area contributed by atoms with Crippen LogP contribution in [0.4, 0.5) is 4.39 Å². The molecule has 0 saturated heterocycles. The molecule has 0 aliphatic rings. The van der Waals surface area contributed by atoms with Crippen molar-refractivity contribution in [1.29, 1.82) is 0 Å². The molecule has 3 aromatic rings. The third kappa shape index (κ3) is 5.95. The van der Waals surface area contributed by atoms with Gasteiger partial charge in [-0.1, -0.05) is 77.8 Å². The minimum atomic E-state index is -0.763. The smallest absolute Gasteiger partial charge is 0.242 e. The third-order valence-corrected chi connectivity index (χ3v) is 5.70. The minimum Gasteiger partial charge on any atom is -0.357 e. The number of hydrogen-bond acceptors (Lipinski definition) is 2. The monoisotopic (exact) mass is 452 g/mol. The number of carbonyl (C=O) groups excluding carboxylic acids is 2. The highest BCUT2D eigenvalue weighted by Crippen LogP contribution is 2.22. The zero-order valence-corrected chi connectivity index (χ0v) is 18.9. The van der Waals surface area contributed by atoms with E-state index in [1.54, 1.807) is 13.1 Å². The van der Waals surface area contributed by atoms with Gasteiger partial charge in [0, 0.05) is 30.6 Å². The van der Waals surface area contributed by atoms with Crippen molar-refractivity contribution in [2.45, 2.75) is 32.4 Å². The molecular formula is C26H26ClFN2O2. The van der Waals surface area contributed by atoms with E-state index >= 15 is 0 Å². The maximum absolute atomic E-state index is 14.4. The van der Waals surface area contributed by atoms with Gasteiger partial charge in [0.15, 0.2) is 0 Å². The molecule has 1 atom stereocenters. The zero-order chi connectivity index (χ0) is 23.1. The Bertz CT molecular complexity index is 1070. The third-order valence-electron chi connectivity index (χ3n) is 5.34. The topological polar surface area (TPSA) is 49.4 Å². The second-order valence-electron chi connectivity index (χ2n) is 7.71. The fraction of sp³-hybridized carbons (Fsp3) is 0.231. The van der Waals surface area contributed by atoms with Gasteiger partial charge in [-0.2, -0.15) is 0 Å². The lowest BCUT2D eigenvalue weighted by Crippen LogP contribution is -2.50. The van der Waals surface area contributed by atoms with Crippen LogP contribution in [0.2, 0.25) is 5.02 Å². The van der Waals surface area contributed by atoms with Gasteiger partial charge >= 0.3 is 0 Å². The lowest BCUT2D eigenvalue weighted by molar-refractivity contribution is -0.140. The number of nitrogens with one attached hydrogen (secondary N) is 1. The molecule has 32 heavy (non-hydrogen) atoms. The molecule has 1 N–H and O–H groups in total. The second kappa shape index (κ2) is 10.9. The van der Waals surface area contributed by atoms with Crippen molar-refractivity contribution < 1.29 is 14.0 Å². The van der Waals surface area contributed by atoms with Gasteiger partial charge in [0.25, 0.3) is 0 Å². The van der Waals surface area contributed by atoms with E-state index in [1.165, 1.54) is 17.0 Å². The van der Waals surface area contributed by atoms with Crippen molar-refractivity contribution in [3.63, 3.8) is 0 Å². The average Bonchev–Trinajstić information content (AvgIpc) is 2.79. The quantitative estimate of drug-likeness (QED) is 0.537. The number of nitrogens with zero attached hydrogens (tertiary/aromatic N) is 1. The fourth-order valence-electron chi connectivity index (χ4n) is 3.68. The molecule has 3 rings (SSSR count). The number of amides is 2. The lowest BCUT2D eigenvalue weighted by atomic mass is 10.0. The molecule has 0 aromatic heterocycles.